The number of alkyl halides is 3. The lowest BCUT2D eigenvalue weighted by molar-refractivity contribution is -0.145. The minimum Gasteiger partial charge on any atom is -0.488 e. The van der Waals surface area contributed by atoms with E-state index in [0.717, 1.165) is 26.9 Å². The van der Waals surface area contributed by atoms with E-state index in [4.69, 9.17) is 14.2 Å². The average Bonchev–Trinajstić information content (AvgIpc) is 3.12. The van der Waals surface area contributed by atoms with E-state index in [2.05, 4.69) is 4.98 Å². The molecule has 2 aromatic heterocycles. The van der Waals surface area contributed by atoms with Crippen LogP contribution in [-0.2, 0) is 22.3 Å². The molecule has 3 aromatic rings. The molecule has 0 aliphatic rings. The molecule has 0 aliphatic heterocycles. The lowest BCUT2D eigenvalue weighted by Gasteiger charge is -2.11. The van der Waals surface area contributed by atoms with Crippen molar-refractivity contribution in [2.75, 3.05) is 13.2 Å². The molecule has 5 nitrogen and oxygen atoms in total. The number of nitrogens with zero attached hydrogens (tertiary/aromatic N) is 1. The second-order valence-electron chi connectivity index (χ2n) is 6.96. The summed E-state index contributed by atoms with van der Waals surface area (Å²) < 4.78 is 54.3. The Labute approximate surface area is 187 Å². The summed E-state index contributed by atoms with van der Waals surface area (Å²) in [5.74, 6) is 0.769. The molecule has 0 spiro atoms. The fourth-order valence-corrected chi connectivity index (χ4v) is 3.95. The lowest BCUT2D eigenvalue weighted by Crippen LogP contribution is -2.14. The van der Waals surface area contributed by atoms with E-state index in [-0.39, 0.29) is 6.61 Å². The maximum absolute atomic E-state index is 12.7. The number of carbonyl (C=O) groups is 1. The topological polar surface area (TPSA) is 57.7 Å². The van der Waals surface area contributed by atoms with Crippen LogP contribution in [0.3, 0.4) is 0 Å². The number of hydrogen-bond acceptors (Lipinski definition) is 6. The Morgan fingerprint density at radius 2 is 1.84 bits per heavy atom. The van der Waals surface area contributed by atoms with Gasteiger partial charge in [0.15, 0.2) is 6.61 Å². The van der Waals surface area contributed by atoms with Crippen molar-refractivity contribution in [3.05, 3.63) is 64.3 Å². The number of benzene rings is 1. The number of aryl methyl sites for hydroxylation is 2. The Hall–Kier alpha value is -3.07. The van der Waals surface area contributed by atoms with Crippen LogP contribution in [-0.4, -0.2) is 24.2 Å². The van der Waals surface area contributed by atoms with Gasteiger partial charge >= 0.3 is 12.1 Å². The van der Waals surface area contributed by atoms with Crippen LogP contribution in [0.4, 0.5) is 13.2 Å². The van der Waals surface area contributed by atoms with Crippen LogP contribution in [0.1, 0.15) is 28.6 Å². The first-order valence-electron chi connectivity index (χ1n) is 9.82. The number of hydrogen-bond donors (Lipinski definition) is 0. The standard InChI is InChI=1S/C23H22F3NO4S/c1-4-29-22(28)13-31-18-7-6-17(9-14(18)2)30-12-20-15(3)10-19(32-20)16-5-8-21(27-11-16)23(24,25)26/h5-11H,4,12-13H2,1-3H3. The van der Waals surface area contributed by atoms with Crippen LogP contribution in [0.5, 0.6) is 11.5 Å². The molecular weight excluding hydrogens is 443 g/mol. The number of halogens is 3. The number of rotatable bonds is 8. The Morgan fingerprint density at radius 3 is 2.47 bits per heavy atom. The van der Waals surface area contributed by atoms with Crippen molar-refractivity contribution in [1.29, 1.82) is 0 Å². The molecule has 3 rings (SSSR count). The summed E-state index contributed by atoms with van der Waals surface area (Å²) in [5, 5.41) is 0. The largest absolute Gasteiger partial charge is 0.488 e. The first-order valence-corrected chi connectivity index (χ1v) is 10.6. The zero-order chi connectivity index (χ0) is 23.3. The lowest BCUT2D eigenvalue weighted by atomic mass is 10.2. The Balaban J connectivity index is 1.63. The van der Waals surface area contributed by atoms with Gasteiger partial charge in [0.2, 0.25) is 0 Å². The van der Waals surface area contributed by atoms with Crippen molar-refractivity contribution in [2.45, 2.75) is 33.6 Å². The maximum atomic E-state index is 12.7. The van der Waals surface area contributed by atoms with Gasteiger partial charge in [0.05, 0.1) is 6.61 Å². The number of aromatic nitrogens is 1. The summed E-state index contributed by atoms with van der Waals surface area (Å²) in [7, 11) is 0. The molecule has 2 heterocycles. The third-order valence-corrected chi connectivity index (χ3v) is 5.79. The second-order valence-corrected chi connectivity index (χ2v) is 8.09. The van der Waals surface area contributed by atoms with Gasteiger partial charge in [-0.05, 0) is 68.3 Å². The van der Waals surface area contributed by atoms with Crippen LogP contribution < -0.4 is 9.47 Å². The van der Waals surface area contributed by atoms with Gasteiger partial charge in [0.1, 0.15) is 23.8 Å². The Kier molecular flexibility index (Phi) is 7.40. The van der Waals surface area contributed by atoms with Gasteiger partial charge < -0.3 is 14.2 Å². The predicted octanol–water partition coefficient (Wildman–Crippen LogP) is 5.97. The number of ether oxygens (including phenoxy) is 3. The zero-order valence-corrected chi connectivity index (χ0v) is 18.6. The third-order valence-electron chi connectivity index (χ3n) is 4.53. The SMILES string of the molecule is CCOC(=O)COc1ccc(OCc2sc(-c3ccc(C(F)(F)F)nc3)cc2C)cc1C. The van der Waals surface area contributed by atoms with Gasteiger partial charge in [0.25, 0.3) is 0 Å². The fraction of sp³-hybridized carbons (Fsp3) is 0.304. The molecule has 0 amide bonds. The maximum Gasteiger partial charge on any atom is 0.433 e. The summed E-state index contributed by atoms with van der Waals surface area (Å²) in [6.07, 6.45) is -3.22. The monoisotopic (exact) mass is 465 g/mol. The number of pyridine rings is 1. The fourth-order valence-electron chi connectivity index (χ4n) is 2.87. The van der Waals surface area contributed by atoms with Crippen molar-refractivity contribution >= 4 is 17.3 Å². The molecule has 0 aliphatic carbocycles. The molecular formula is C23H22F3NO4S. The van der Waals surface area contributed by atoms with Gasteiger partial charge in [-0.3, -0.25) is 4.98 Å². The molecule has 1 aromatic carbocycles. The van der Waals surface area contributed by atoms with E-state index >= 15 is 0 Å². The minimum absolute atomic E-state index is 0.162. The highest BCUT2D eigenvalue weighted by Gasteiger charge is 2.32. The second kappa shape index (κ2) is 10.0. The summed E-state index contributed by atoms with van der Waals surface area (Å²) >= 11 is 1.45. The van der Waals surface area contributed by atoms with Gasteiger partial charge in [-0.2, -0.15) is 13.2 Å². The number of esters is 1. The van der Waals surface area contributed by atoms with Crippen molar-refractivity contribution in [1.82, 2.24) is 4.98 Å². The van der Waals surface area contributed by atoms with Crippen LogP contribution >= 0.6 is 11.3 Å². The minimum atomic E-state index is -4.46. The van der Waals surface area contributed by atoms with E-state index in [1.165, 1.54) is 23.6 Å². The van der Waals surface area contributed by atoms with Gasteiger partial charge in [-0.25, -0.2) is 4.79 Å². The van der Waals surface area contributed by atoms with Crippen molar-refractivity contribution in [3.8, 4) is 21.9 Å². The third kappa shape index (κ3) is 6.00. The number of carbonyl (C=O) groups excluding carboxylic acids is 1. The highest BCUT2D eigenvalue weighted by Crippen LogP contribution is 2.34. The molecule has 9 heteroatoms. The molecule has 0 atom stereocenters. The van der Waals surface area contributed by atoms with E-state index in [9.17, 15) is 18.0 Å². The van der Waals surface area contributed by atoms with Crippen molar-refractivity contribution in [2.24, 2.45) is 0 Å². The molecule has 0 N–H and O–H groups in total. The summed E-state index contributed by atoms with van der Waals surface area (Å²) in [6, 6.07) is 9.59. The zero-order valence-electron chi connectivity index (χ0n) is 17.8. The molecule has 0 fully saturated rings. The van der Waals surface area contributed by atoms with Crippen LogP contribution in [0.2, 0.25) is 0 Å². The predicted molar refractivity (Wildman–Crippen MR) is 115 cm³/mol. The van der Waals surface area contributed by atoms with Crippen LogP contribution in [0, 0.1) is 13.8 Å². The first-order chi connectivity index (χ1) is 15.2. The average molecular weight is 465 g/mol. The molecule has 0 unspecified atom stereocenters. The summed E-state index contributed by atoms with van der Waals surface area (Å²) in [5.41, 5.74) is 1.50. The van der Waals surface area contributed by atoms with E-state index in [0.29, 0.717) is 30.3 Å². The van der Waals surface area contributed by atoms with Gasteiger partial charge in [-0.1, -0.05) is 0 Å². The molecule has 0 bridgehead atoms. The molecule has 170 valence electrons. The molecule has 32 heavy (non-hydrogen) atoms. The van der Waals surface area contributed by atoms with Crippen molar-refractivity contribution in [3.63, 3.8) is 0 Å². The summed E-state index contributed by atoms with van der Waals surface area (Å²) in [4.78, 5) is 16.7. The highest BCUT2D eigenvalue weighted by molar-refractivity contribution is 7.15. The smallest absolute Gasteiger partial charge is 0.433 e. The number of thiophene rings is 1. The Bertz CT molecular complexity index is 1080. The molecule has 0 saturated heterocycles. The molecule has 0 saturated carbocycles. The van der Waals surface area contributed by atoms with Gasteiger partial charge in [0, 0.05) is 21.5 Å². The quantitative estimate of drug-likeness (QED) is 0.384. The first kappa shape index (κ1) is 23.6. The molecule has 0 radical (unpaired) electrons. The summed E-state index contributed by atoms with van der Waals surface area (Å²) in [6.45, 7) is 5.95. The van der Waals surface area contributed by atoms with E-state index in [1.807, 2.05) is 26.0 Å². The van der Waals surface area contributed by atoms with Gasteiger partial charge in [-0.15, -0.1) is 11.3 Å². The highest BCUT2D eigenvalue weighted by atomic mass is 32.1. The van der Waals surface area contributed by atoms with Crippen LogP contribution in [0.25, 0.3) is 10.4 Å². The van der Waals surface area contributed by atoms with Crippen molar-refractivity contribution < 1.29 is 32.2 Å². The normalized spacial score (nSPS) is 11.3. The van der Waals surface area contributed by atoms with E-state index < -0.39 is 17.8 Å². The van der Waals surface area contributed by atoms with Crippen LogP contribution in [0.15, 0.2) is 42.6 Å². The Morgan fingerprint density at radius 1 is 1.06 bits per heavy atom. The van der Waals surface area contributed by atoms with E-state index in [1.54, 1.807) is 19.1 Å².